The first-order valence-corrected chi connectivity index (χ1v) is 9.04. The van der Waals surface area contributed by atoms with E-state index in [2.05, 4.69) is 15.3 Å². The molecule has 6 nitrogen and oxygen atoms in total. The number of anilines is 1. The molecule has 0 aliphatic heterocycles. The van der Waals surface area contributed by atoms with Gasteiger partial charge >= 0.3 is 5.97 Å². The summed E-state index contributed by atoms with van der Waals surface area (Å²) in [5, 5.41) is 3.51. The number of hydrogen-bond donors (Lipinski definition) is 1. The van der Waals surface area contributed by atoms with Crippen LogP contribution in [0.3, 0.4) is 0 Å². The van der Waals surface area contributed by atoms with Crippen molar-refractivity contribution < 1.29 is 27.4 Å². The molecular formula is C21H20F3N3O3. The second-order valence-corrected chi connectivity index (χ2v) is 6.60. The first-order chi connectivity index (χ1) is 14.3. The monoisotopic (exact) mass is 419 g/mol. The molecule has 3 aromatic rings. The minimum atomic E-state index is -2.92. The Hall–Kier alpha value is -3.36. The average Bonchev–Trinajstić information content (AvgIpc) is 2.71. The number of halogens is 3. The van der Waals surface area contributed by atoms with Crippen LogP contribution in [0, 0.1) is 12.7 Å². The second-order valence-electron chi connectivity index (χ2n) is 6.60. The third kappa shape index (κ3) is 4.00. The number of nitrogens with zero attached hydrogens (tertiary/aromatic N) is 2. The first-order valence-electron chi connectivity index (χ1n) is 9.04. The summed E-state index contributed by atoms with van der Waals surface area (Å²) < 4.78 is 50.7. The summed E-state index contributed by atoms with van der Waals surface area (Å²) in [5.74, 6) is -0.558. The van der Waals surface area contributed by atoms with E-state index >= 15 is 0 Å². The number of nitrogens with one attached hydrogen (secondary N) is 1. The first kappa shape index (κ1) is 21.4. The third-order valence-electron chi connectivity index (χ3n) is 4.65. The topological polar surface area (TPSA) is 73.3 Å². The molecule has 0 aliphatic carbocycles. The minimum Gasteiger partial charge on any atom is -0.496 e. The normalized spacial score (nSPS) is 12.1. The fourth-order valence-corrected chi connectivity index (χ4v) is 3.18. The predicted octanol–water partition coefficient (Wildman–Crippen LogP) is 4.98. The van der Waals surface area contributed by atoms with Gasteiger partial charge in [0.2, 0.25) is 0 Å². The summed E-state index contributed by atoms with van der Waals surface area (Å²) >= 11 is 0. The molecular weight excluding hydrogens is 399 g/mol. The molecule has 30 heavy (non-hydrogen) atoms. The lowest BCUT2D eigenvalue weighted by Gasteiger charge is -2.19. The number of ether oxygens (including phenoxy) is 2. The van der Waals surface area contributed by atoms with Crippen LogP contribution >= 0.6 is 0 Å². The molecule has 9 heteroatoms. The van der Waals surface area contributed by atoms with Crippen molar-refractivity contribution in [1.82, 2.24) is 9.97 Å². The van der Waals surface area contributed by atoms with Crippen molar-refractivity contribution in [1.29, 1.82) is 0 Å². The number of rotatable bonds is 6. The van der Waals surface area contributed by atoms with Crippen LogP contribution in [0.1, 0.15) is 46.7 Å². The third-order valence-corrected chi connectivity index (χ3v) is 4.65. The predicted molar refractivity (Wildman–Crippen MR) is 106 cm³/mol. The molecule has 0 aliphatic rings. The van der Waals surface area contributed by atoms with E-state index in [0.717, 1.165) is 6.07 Å². The molecule has 0 unspecified atom stereocenters. The van der Waals surface area contributed by atoms with Crippen molar-refractivity contribution in [2.75, 3.05) is 19.5 Å². The number of hydrogen-bond acceptors (Lipinski definition) is 6. The van der Waals surface area contributed by atoms with Gasteiger partial charge in [-0.25, -0.2) is 27.9 Å². The van der Waals surface area contributed by atoms with Crippen molar-refractivity contribution in [2.24, 2.45) is 0 Å². The van der Waals surface area contributed by atoms with Crippen LogP contribution in [-0.4, -0.2) is 30.2 Å². The van der Waals surface area contributed by atoms with E-state index in [1.807, 2.05) is 0 Å². The second kappa shape index (κ2) is 8.56. The van der Waals surface area contributed by atoms with E-state index in [-0.39, 0.29) is 16.9 Å². The number of aromatic nitrogens is 2. The molecule has 3 rings (SSSR count). The highest BCUT2D eigenvalue weighted by Gasteiger charge is 2.22. The number of methoxy groups -OCH3 is 2. The number of aryl methyl sites for hydroxylation is 1. The van der Waals surface area contributed by atoms with Crippen LogP contribution in [0.4, 0.5) is 19.0 Å². The largest absolute Gasteiger partial charge is 0.496 e. The zero-order valence-corrected chi connectivity index (χ0v) is 16.8. The average molecular weight is 419 g/mol. The van der Waals surface area contributed by atoms with Gasteiger partial charge in [0.25, 0.3) is 6.43 Å². The van der Waals surface area contributed by atoms with Crippen LogP contribution < -0.4 is 10.1 Å². The molecule has 1 heterocycles. The molecule has 0 radical (unpaired) electrons. The molecule has 1 aromatic heterocycles. The summed E-state index contributed by atoms with van der Waals surface area (Å²) in [4.78, 5) is 20.8. The Bertz CT molecular complexity index is 1110. The fourth-order valence-electron chi connectivity index (χ4n) is 3.18. The van der Waals surface area contributed by atoms with E-state index < -0.39 is 29.8 Å². The molecule has 0 spiro atoms. The Balaban J connectivity index is 2.10. The number of benzene rings is 2. The van der Waals surface area contributed by atoms with Gasteiger partial charge < -0.3 is 14.8 Å². The summed E-state index contributed by atoms with van der Waals surface area (Å²) in [6.07, 6.45) is -2.92. The molecule has 0 bridgehead atoms. The highest BCUT2D eigenvalue weighted by molar-refractivity contribution is 6.00. The number of carbonyl (C=O) groups excluding carboxylic acids is 1. The lowest BCUT2D eigenvalue weighted by Crippen LogP contribution is -2.13. The summed E-state index contributed by atoms with van der Waals surface area (Å²) in [6.45, 7) is 3.30. The maximum atomic E-state index is 14.6. The van der Waals surface area contributed by atoms with E-state index in [4.69, 9.17) is 9.47 Å². The molecule has 0 saturated heterocycles. The maximum absolute atomic E-state index is 14.6. The van der Waals surface area contributed by atoms with Gasteiger partial charge in [-0.3, -0.25) is 0 Å². The lowest BCUT2D eigenvalue weighted by atomic mass is 10.0. The van der Waals surface area contributed by atoms with Gasteiger partial charge in [0.05, 0.1) is 31.3 Å². The van der Waals surface area contributed by atoms with E-state index in [9.17, 15) is 18.0 Å². The molecule has 1 atom stereocenters. The van der Waals surface area contributed by atoms with Gasteiger partial charge in [0.15, 0.2) is 0 Å². The van der Waals surface area contributed by atoms with Crippen molar-refractivity contribution in [2.45, 2.75) is 26.3 Å². The SMILES string of the molecule is COC(=O)c1cc2c(N[C@H](C)c3cccc(C(F)F)c3F)nc(C)nc2cc1OC. The van der Waals surface area contributed by atoms with Gasteiger partial charge in [0.1, 0.15) is 28.8 Å². The number of carbonyl (C=O) groups is 1. The highest BCUT2D eigenvalue weighted by atomic mass is 19.3. The Labute approximate surface area is 171 Å². The summed E-state index contributed by atoms with van der Waals surface area (Å²) in [5.41, 5.74) is 0.0616. The zero-order chi connectivity index (χ0) is 22.0. The number of alkyl halides is 2. The fraction of sp³-hybridized carbons (Fsp3) is 0.286. The van der Waals surface area contributed by atoms with Gasteiger partial charge in [0, 0.05) is 17.0 Å². The van der Waals surface area contributed by atoms with Gasteiger partial charge in [-0.05, 0) is 19.9 Å². The van der Waals surface area contributed by atoms with Gasteiger partial charge in [-0.15, -0.1) is 0 Å². The van der Waals surface area contributed by atoms with E-state index in [1.54, 1.807) is 19.9 Å². The quantitative estimate of drug-likeness (QED) is 0.568. The Morgan fingerprint density at radius 3 is 2.47 bits per heavy atom. The molecule has 2 aromatic carbocycles. The minimum absolute atomic E-state index is 0.0684. The van der Waals surface area contributed by atoms with Crippen LogP contribution in [-0.2, 0) is 4.74 Å². The molecule has 1 N–H and O–H groups in total. The highest BCUT2D eigenvalue weighted by Crippen LogP contribution is 2.33. The van der Waals surface area contributed by atoms with Gasteiger partial charge in [-0.1, -0.05) is 18.2 Å². The van der Waals surface area contributed by atoms with Gasteiger partial charge in [-0.2, -0.15) is 0 Å². The van der Waals surface area contributed by atoms with Crippen molar-refractivity contribution in [3.63, 3.8) is 0 Å². The van der Waals surface area contributed by atoms with Crippen LogP contribution in [0.15, 0.2) is 30.3 Å². The molecule has 0 fully saturated rings. The smallest absolute Gasteiger partial charge is 0.341 e. The summed E-state index contributed by atoms with van der Waals surface area (Å²) in [6, 6.07) is 6.25. The standard InChI is InChI=1S/C21H20F3N3O3/c1-10(12-6-5-7-13(18(12)22)19(23)24)25-20-14-8-15(21(28)30-4)17(29-3)9-16(14)26-11(2)27-20/h5-10,19H,1-4H3,(H,25,26,27)/t10-/m1/s1. The maximum Gasteiger partial charge on any atom is 0.341 e. The van der Waals surface area contributed by atoms with Crippen molar-refractivity contribution in [3.05, 3.63) is 58.7 Å². The van der Waals surface area contributed by atoms with Crippen LogP contribution in [0.2, 0.25) is 0 Å². The van der Waals surface area contributed by atoms with Crippen molar-refractivity contribution >= 4 is 22.7 Å². The van der Waals surface area contributed by atoms with E-state index in [1.165, 1.54) is 32.4 Å². The Kier molecular flexibility index (Phi) is 6.09. The number of fused-ring (bicyclic) bond motifs is 1. The zero-order valence-electron chi connectivity index (χ0n) is 16.8. The molecule has 0 saturated carbocycles. The van der Waals surface area contributed by atoms with Crippen LogP contribution in [0.25, 0.3) is 10.9 Å². The Morgan fingerprint density at radius 1 is 1.13 bits per heavy atom. The van der Waals surface area contributed by atoms with Crippen molar-refractivity contribution in [3.8, 4) is 5.75 Å². The molecule has 158 valence electrons. The summed E-state index contributed by atoms with van der Waals surface area (Å²) in [7, 11) is 2.67. The number of esters is 1. The lowest BCUT2D eigenvalue weighted by molar-refractivity contribution is 0.0597. The van der Waals surface area contributed by atoms with E-state index in [0.29, 0.717) is 22.5 Å². The molecule has 0 amide bonds. The van der Waals surface area contributed by atoms with Crippen LogP contribution in [0.5, 0.6) is 5.75 Å². The Morgan fingerprint density at radius 2 is 1.83 bits per heavy atom.